The number of hydrogen-bond acceptors (Lipinski definition) is 6. The molecule has 2 heterocycles. The lowest BCUT2D eigenvalue weighted by atomic mass is 10.1. The molecule has 0 aliphatic carbocycles. The number of aryl methyl sites for hydroxylation is 2. The second kappa shape index (κ2) is 3.88. The van der Waals surface area contributed by atoms with Gasteiger partial charge in [0.15, 0.2) is 5.65 Å². The van der Waals surface area contributed by atoms with E-state index in [0.717, 1.165) is 29.5 Å². The maximum absolute atomic E-state index is 5.86. The van der Waals surface area contributed by atoms with E-state index in [1.54, 1.807) is 0 Å². The topological polar surface area (TPSA) is 104 Å². The predicted molar refractivity (Wildman–Crippen MR) is 62.7 cm³/mol. The van der Waals surface area contributed by atoms with Gasteiger partial charge in [-0.15, -0.1) is 5.10 Å². The molecular formula is C10H14N6. The molecule has 16 heavy (non-hydrogen) atoms. The van der Waals surface area contributed by atoms with Crippen LogP contribution in [0.1, 0.15) is 25.1 Å². The van der Waals surface area contributed by atoms with Crippen LogP contribution in [0.2, 0.25) is 0 Å². The van der Waals surface area contributed by atoms with Crippen molar-refractivity contribution in [1.82, 2.24) is 20.2 Å². The van der Waals surface area contributed by atoms with E-state index in [0.29, 0.717) is 11.5 Å². The monoisotopic (exact) mass is 218 g/mol. The van der Waals surface area contributed by atoms with Crippen LogP contribution in [-0.4, -0.2) is 20.2 Å². The molecule has 0 spiro atoms. The van der Waals surface area contributed by atoms with Gasteiger partial charge in [0.05, 0.1) is 11.1 Å². The van der Waals surface area contributed by atoms with E-state index in [1.165, 1.54) is 0 Å². The maximum atomic E-state index is 5.86. The van der Waals surface area contributed by atoms with Crippen LogP contribution in [0.15, 0.2) is 0 Å². The SMILES string of the molecule is CCc1nnc2nc(N)nc(N)c2c1CC. The van der Waals surface area contributed by atoms with Gasteiger partial charge in [0.25, 0.3) is 0 Å². The predicted octanol–water partition coefficient (Wildman–Crippen LogP) is 0.709. The molecule has 0 amide bonds. The molecule has 0 saturated carbocycles. The van der Waals surface area contributed by atoms with Gasteiger partial charge < -0.3 is 11.5 Å². The van der Waals surface area contributed by atoms with Crippen molar-refractivity contribution in [1.29, 1.82) is 0 Å². The number of nitrogens with zero attached hydrogens (tertiary/aromatic N) is 4. The molecule has 0 aliphatic heterocycles. The van der Waals surface area contributed by atoms with Crippen LogP contribution in [0.3, 0.4) is 0 Å². The van der Waals surface area contributed by atoms with Crippen LogP contribution in [0.25, 0.3) is 11.0 Å². The molecule has 0 saturated heterocycles. The molecule has 84 valence electrons. The fraction of sp³-hybridized carbons (Fsp3) is 0.400. The Bertz CT molecular complexity index is 536. The van der Waals surface area contributed by atoms with Crippen LogP contribution in [0.5, 0.6) is 0 Å². The fourth-order valence-corrected chi connectivity index (χ4v) is 1.82. The largest absolute Gasteiger partial charge is 0.383 e. The number of fused-ring (bicyclic) bond motifs is 1. The molecular weight excluding hydrogens is 204 g/mol. The first-order chi connectivity index (χ1) is 7.67. The molecule has 2 rings (SSSR count). The van der Waals surface area contributed by atoms with Crippen LogP contribution < -0.4 is 11.5 Å². The van der Waals surface area contributed by atoms with Gasteiger partial charge in [-0.25, -0.2) is 0 Å². The highest BCUT2D eigenvalue weighted by molar-refractivity contribution is 5.89. The summed E-state index contributed by atoms with van der Waals surface area (Å²) in [5, 5.41) is 8.93. The third kappa shape index (κ3) is 1.52. The number of rotatable bonds is 2. The minimum absolute atomic E-state index is 0.130. The van der Waals surface area contributed by atoms with Gasteiger partial charge in [0.2, 0.25) is 5.95 Å². The lowest BCUT2D eigenvalue weighted by molar-refractivity contribution is 0.895. The van der Waals surface area contributed by atoms with Gasteiger partial charge in [-0.2, -0.15) is 15.1 Å². The molecule has 6 nitrogen and oxygen atoms in total. The summed E-state index contributed by atoms with van der Waals surface area (Å²) in [5.74, 6) is 0.509. The van der Waals surface area contributed by atoms with Crippen molar-refractivity contribution < 1.29 is 0 Å². The average molecular weight is 218 g/mol. The van der Waals surface area contributed by atoms with Gasteiger partial charge in [-0.05, 0) is 18.4 Å². The van der Waals surface area contributed by atoms with Gasteiger partial charge in [-0.1, -0.05) is 13.8 Å². The number of nitrogen functional groups attached to an aromatic ring is 2. The molecule has 0 radical (unpaired) electrons. The van der Waals surface area contributed by atoms with E-state index in [9.17, 15) is 0 Å². The summed E-state index contributed by atoms with van der Waals surface area (Å²) in [6.45, 7) is 4.08. The second-order valence-corrected chi connectivity index (χ2v) is 3.50. The molecule has 2 aromatic heterocycles. The van der Waals surface area contributed by atoms with Gasteiger partial charge in [-0.3, -0.25) is 0 Å². The second-order valence-electron chi connectivity index (χ2n) is 3.50. The van der Waals surface area contributed by atoms with E-state index < -0.39 is 0 Å². The van der Waals surface area contributed by atoms with Crippen LogP contribution >= 0.6 is 0 Å². The summed E-state index contributed by atoms with van der Waals surface area (Å²) in [4.78, 5) is 8.00. The molecule has 0 fully saturated rings. The summed E-state index contributed by atoms with van der Waals surface area (Å²) in [6, 6.07) is 0. The molecule has 0 aromatic carbocycles. The zero-order valence-corrected chi connectivity index (χ0v) is 9.36. The van der Waals surface area contributed by atoms with E-state index in [2.05, 4.69) is 20.2 Å². The first kappa shape index (κ1) is 10.5. The Morgan fingerprint density at radius 2 is 1.75 bits per heavy atom. The van der Waals surface area contributed by atoms with Crippen molar-refractivity contribution in [2.45, 2.75) is 26.7 Å². The lowest BCUT2D eigenvalue weighted by Crippen LogP contribution is -2.07. The Hall–Kier alpha value is -1.98. The number of anilines is 2. The van der Waals surface area contributed by atoms with E-state index in [4.69, 9.17) is 11.5 Å². The number of nitrogens with two attached hydrogens (primary N) is 2. The van der Waals surface area contributed by atoms with Crippen LogP contribution in [0, 0.1) is 0 Å². The highest BCUT2D eigenvalue weighted by Gasteiger charge is 2.13. The molecule has 0 atom stereocenters. The van der Waals surface area contributed by atoms with Crippen molar-refractivity contribution in [2.24, 2.45) is 0 Å². The first-order valence-corrected chi connectivity index (χ1v) is 5.24. The summed E-state index contributed by atoms with van der Waals surface area (Å²) in [7, 11) is 0. The van der Waals surface area contributed by atoms with E-state index in [-0.39, 0.29) is 5.95 Å². The normalized spacial score (nSPS) is 10.9. The van der Waals surface area contributed by atoms with Gasteiger partial charge in [0.1, 0.15) is 5.82 Å². The van der Waals surface area contributed by atoms with Gasteiger partial charge in [0, 0.05) is 0 Å². The minimum Gasteiger partial charge on any atom is -0.383 e. The molecule has 0 unspecified atom stereocenters. The molecule has 6 heteroatoms. The summed E-state index contributed by atoms with van der Waals surface area (Å²) in [5.41, 5.74) is 13.8. The molecule has 0 bridgehead atoms. The van der Waals surface area contributed by atoms with E-state index >= 15 is 0 Å². The smallest absolute Gasteiger partial charge is 0.224 e. The van der Waals surface area contributed by atoms with Gasteiger partial charge >= 0.3 is 0 Å². The Morgan fingerprint density at radius 3 is 2.38 bits per heavy atom. The first-order valence-electron chi connectivity index (χ1n) is 5.24. The third-order valence-electron chi connectivity index (χ3n) is 2.54. The quantitative estimate of drug-likeness (QED) is 0.769. The Kier molecular flexibility index (Phi) is 2.55. The van der Waals surface area contributed by atoms with Crippen molar-refractivity contribution in [3.63, 3.8) is 0 Å². The summed E-state index contributed by atoms with van der Waals surface area (Å²) >= 11 is 0. The van der Waals surface area contributed by atoms with Crippen LogP contribution in [0.4, 0.5) is 11.8 Å². The van der Waals surface area contributed by atoms with Crippen molar-refractivity contribution in [3.05, 3.63) is 11.3 Å². The third-order valence-corrected chi connectivity index (χ3v) is 2.54. The zero-order valence-electron chi connectivity index (χ0n) is 9.36. The van der Waals surface area contributed by atoms with Crippen molar-refractivity contribution in [3.8, 4) is 0 Å². The highest BCUT2D eigenvalue weighted by atomic mass is 15.2. The average Bonchev–Trinajstić information content (AvgIpc) is 2.27. The summed E-state index contributed by atoms with van der Waals surface area (Å²) < 4.78 is 0. The molecule has 4 N–H and O–H groups in total. The number of aromatic nitrogens is 4. The maximum Gasteiger partial charge on any atom is 0.224 e. The van der Waals surface area contributed by atoms with Crippen molar-refractivity contribution in [2.75, 3.05) is 11.5 Å². The van der Waals surface area contributed by atoms with Crippen molar-refractivity contribution >= 4 is 22.8 Å². The highest BCUT2D eigenvalue weighted by Crippen LogP contribution is 2.23. The Labute approximate surface area is 93.1 Å². The van der Waals surface area contributed by atoms with Crippen LogP contribution in [-0.2, 0) is 12.8 Å². The molecule has 2 aromatic rings. The van der Waals surface area contributed by atoms with E-state index in [1.807, 2.05) is 13.8 Å². The minimum atomic E-state index is 0.130. The molecule has 0 aliphatic rings. The number of hydrogen-bond donors (Lipinski definition) is 2. The summed E-state index contributed by atoms with van der Waals surface area (Å²) in [6.07, 6.45) is 1.64. The lowest BCUT2D eigenvalue weighted by Gasteiger charge is -2.09. The zero-order chi connectivity index (χ0) is 11.7. The standard InChI is InChI=1S/C10H14N6/c1-3-5-6(4-2)15-16-9-7(5)8(11)13-10(12)14-9/h3-4H2,1-2H3,(H4,11,12,13,14,16). The fourth-order valence-electron chi connectivity index (χ4n) is 1.82. The Balaban J connectivity index is 2.86. The Morgan fingerprint density at radius 1 is 1.00 bits per heavy atom.